The van der Waals surface area contributed by atoms with Crippen LogP contribution in [0.15, 0.2) is 71.7 Å². The van der Waals surface area contributed by atoms with Crippen LogP contribution in [0.1, 0.15) is 11.1 Å². The summed E-state index contributed by atoms with van der Waals surface area (Å²) in [5.74, 6) is -2.79. The third-order valence-electron chi connectivity index (χ3n) is 3.82. The Morgan fingerprint density at radius 2 is 1.48 bits per heavy atom. The number of hydrogen-bond acceptors (Lipinski definition) is 2. The van der Waals surface area contributed by atoms with Gasteiger partial charge in [-0.1, -0.05) is 42.5 Å². The first-order valence-corrected chi connectivity index (χ1v) is 7.74. The molecule has 0 saturated carbocycles. The van der Waals surface area contributed by atoms with Crippen LogP contribution in [0.5, 0.6) is 0 Å². The van der Waals surface area contributed by atoms with Crippen LogP contribution in [-0.2, 0) is 6.18 Å². The van der Waals surface area contributed by atoms with Gasteiger partial charge in [0, 0.05) is 5.56 Å². The summed E-state index contributed by atoms with van der Waals surface area (Å²) in [4.78, 5) is 3.52. The van der Waals surface area contributed by atoms with Gasteiger partial charge in [0.05, 0.1) is 11.3 Å². The van der Waals surface area contributed by atoms with E-state index in [2.05, 4.69) is 4.99 Å². The topological polar surface area (TPSA) is 35.4 Å². The Bertz CT molecular complexity index is 1010. The Hall–Kier alpha value is -3.22. The second-order valence-electron chi connectivity index (χ2n) is 5.61. The molecule has 0 aromatic heterocycles. The minimum Gasteiger partial charge on any atom is -0.858 e. The average Bonchev–Trinajstić information content (AvgIpc) is 2.63. The first-order valence-electron chi connectivity index (χ1n) is 7.74. The van der Waals surface area contributed by atoms with Crippen molar-refractivity contribution >= 4 is 11.6 Å². The van der Waals surface area contributed by atoms with Gasteiger partial charge in [-0.2, -0.15) is 13.2 Å². The molecular formula is C20H11F5NO-. The van der Waals surface area contributed by atoms with Crippen molar-refractivity contribution in [1.82, 2.24) is 0 Å². The van der Waals surface area contributed by atoms with E-state index < -0.39 is 35.0 Å². The summed E-state index contributed by atoms with van der Waals surface area (Å²) in [6.45, 7) is 0. The van der Waals surface area contributed by atoms with Gasteiger partial charge in [0.2, 0.25) is 0 Å². The fourth-order valence-electron chi connectivity index (χ4n) is 2.55. The van der Waals surface area contributed by atoms with E-state index in [0.29, 0.717) is 0 Å². The Morgan fingerprint density at radius 3 is 2.15 bits per heavy atom. The maximum atomic E-state index is 14.3. The number of hydrogen-bond donors (Lipinski definition) is 0. The molecule has 0 aliphatic rings. The van der Waals surface area contributed by atoms with Gasteiger partial charge in [0.25, 0.3) is 0 Å². The number of alkyl halides is 3. The Labute approximate surface area is 151 Å². The van der Waals surface area contributed by atoms with Crippen LogP contribution in [0.2, 0.25) is 0 Å². The summed E-state index contributed by atoms with van der Waals surface area (Å²) in [7, 11) is 0. The van der Waals surface area contributed by atoms with Crippen LogP contribution >= 0.6 is 0 Å². The Kier molecular flexibility index (Phi) is 4.94. The molecule has 0 atom stereocenters. The lowest BCUT2D eigenvalue weighted by molar-refractivity contribution is -0.212. The molecule has 0 bridgehead atoms. The lowest BCUT2D eigenvalue weighted by Gasteiger charge is -2.14. The highest BCUT2D eigenvalue weighted by Gasteiger charge is 2.33. The zero-order valence-corrected chi connectivity index (χ0v) is 13.6. The number of halogens is 5. The molecule has 138 valence electrons. The highest BCUT2D eigenvalue weighted by atomic mass is 19.4. The van der Waals surface area contributed by atoms with E-state index in [0.717, 1.165) is 24.3 Å². The molecule has 0 spiro atoms. The van der Waals surface area contributed by atoms with E-state index in [-0.39, 0.29) is 16.7 Å². The molecule has 0 aliphatic carbocycles. The molecule has 0 amide bonds. The van der Waals surface area contributed by atoms with Gasteiger partial charge >= 0.3 is 6.18 Å². The minimum atomic E-state index is -4.60. The maximum Gasteiger partial charge on any atom is 0.417 e. The summed E-state index contributed by atoms with van der Waals surface area (Å²) in [6, 6.07) is 13.0. The van der Waals surface area contributed by atoms with E-state index in [1.54, 1.807) is 0 Å². The zero-order valence-electron chi connectivity index (χ0n) is 13.6. The molecule has 27 heavy (non-hydrogen) atoms. The van der Waals surface area contributed by atoms with Crippen molar-refractivity contribution < 1.29 is 27.1 Å². The smallest absolute Gasteiger partial charge is 0.417 e. The quantitative estimate of drug-likeness (QED) is 0.356. The lowest BCUT2D eigenvalue weighted by atomic mass is 9.99. The van der Waals surface area contributed by atoms with Gasteiger partial charge in [-0.05, 0) is 41.3 Å². The molecule has 3 aromatic rings. The van der Waals surface area contributed by atoms with Gasteiger partial charge < -0.3 is 5.11 Å². The molecule has 3 aromatic carbocycles. The lowest BCUT2D eigenvalue weighted by Crippen LogP contribution is -2.19. The van der Waals surface area contributed by atoms with E-state index >= 15 is 0 Å². The standard InChI is InChI=1S/C20H12F5NO/c21-16-8-4-2-6-14(16)19(27)26-18-10-9-12(11-17(18)22)13-5-1-3-7-15(13)20(23,24)25/h1-11H,(H,26,27)/p-1. The maximum absolute atomic E-state index is 14.3. The van der Waals surface area contributed by atoms with Crippen LogP contribution in [0.25, 0.3) is 11.1 Å². The van der Waals surface area contributed by atoms with Crippen LogP contribution in [0, 0.1) is 11.6 Å². The largest absolute Gasteiger partial charge is 0.858 e. The third-order valence-corrected chi connectivity index (χ3v) is 3.82. The normalized spacial score (nSPS) is 12.3. The van der Waals surface area contributed by atoms with Crippen LogP contribution < -0.4 is 5.11 Å². The molecule has 0 unspecified atom stereocenters. The third kappa shape index (κ3) is 3.97. The van der Waals surface area contributed by atoms with Crippen molar-refractivity contribution in [2.45, 2.75) is 6.18 Å². The first kappa shape index (κ1) is 18.6. The molecule has 0 aliphatic heterocycles. The van der Waals surface area contributed by atoms with Gasteiger partial charge in [0.1, 0.15) is 11.6 Å². The van der Waals surface area contributed by atoms with Crippen molar-refractivity contribution in [3.8, 4) is 11.1 Å². The number of nitrogens with zero attached hydrogens (tertiary/aromatic N) is 1. The monoisotopic (exact) mass is 376 g/mol. The van der Waals surface area contributed by atoms with Crippen molar-refractivity contribution in [1.29, 1.82) is 0 Å². The summed E-state index contributed by atoms with van der Waals surface area (Å²) in [5, 5.41) is 12.0. The zero-order chi connectivity index (χ0) is 19.6. The highest BCUT2D eigenvalue weighted by molar-refractivity contribution is 5.92. The fourth-order valence-corrected chi connectivity index (χ4v) is 2.55. The second-order valence-corrected chi connectivity index (χ2v) is 5.61. The van der Waals surface area contributed by atoms with Crippen molar-refractivity contribution in [3.63, 3.8) is 0 Å². The molecule has 3 rings (SSSR count). The van der Waals surface area contributed by atoms with Crippen LogP contribution in [0.3, 0.4) is 0 Å². The molecule has 2 nitrogen and oxygen atoms in total. The average molecular weight is 376 g/mol. The molecule has 0 N–H and O–H groups in total. The molecular weight excluding hydrogens is 365 g/mol. The van der Waals surface area contributed by atoms with E-state index in [1.807, 2.05) is 0 Å². The molecule has 0 heterocycles. The summed E-state index contributed by atoms with van der Waals surface area (Å²) in [6.07, 6.45) is -4.60. The summed E-state index contributed by atoms with van der Waals surface area (Å²) >= 11 is 0. The van der Waals surface area contributed by atoms with Crippen LogP contribution in [0.4, 0.5) is 27.6 Å². The highest BCUT2D eigenvalue weighted by Crippen LogP contribution is 2.37. The Morgan fingerprint density at radius 1 is 0.815 bits per heavy atom. The number of aliphatic imine (C=N–C) groups is 1. The minimum absolute atomic E-state index is 0.0160. The number of rotatable bonds is 3. The van der Waals surface area contributed by atoms with Gasteiger partial charge in [-0.25, -0.2) is 8.78 Å². The van der Waals surface area contributed by atoms with E-state index in [1.165, 1.54) is 42.5 Å². The SMILES string of the molecule is [O-]C(=Nc1ccc(-c2ccccc2C(F)(F)F)cc1F)c1ccccc1F. The number of benzene rings is 3. The molecule has 7 heteroatoms. The fraction of sp³-hybridized carbons (Fsp3) is 0.0500. The molecule has 0 radical (unpaired) electrons. The van der Waals surface area contributed by atoms with Crippen molar-refractivity contribution in [2.75, 3.05) is 0 Å². The predicted octanol–water partition coefficient (Wildman–Crippen LogP) is 5.09. The first-order chi connectivity index (χ1) is 12.8. The second kappa shape index (κ2) is 7.19. The molecule has 0 saturated heterocycles. The van der Waals surface area contributed by atoms with Crippen molar-refractivity contribution in [2.24, 2.45) is 4.99 Å². The predicted molar refractivity (Wildman–Crippen MR) is 89.4 cm³/mol. The summed E-state index contributed by atoms with van der Waals surface area (Å²) < 4.78 is 67.3. The van der Waals surface area contributed by atoms with Crippen molar-refractivity contribution in [3.05, 3.63) is 89.5 Å². The van der Waals surface area contributed by atoms with Gasteiger partial charge in [-0.3, -0.25) is 4.99 Å². The van der Waals surface area contributed by atoms with E-state index in [9.17, 15) is 27.1 Å². The van der Waals surface area contributed by atoms with Gasteiger partial charge in [0.15, 0.2) is 0 Å². The molecule has 0 fully saturated rings. The Balaban J connectivity index is 2.01. The van der Waals surface area contributed by atoms with Crippen LogP contribution in [-0.4, -0.2) is 5.90 Å². The van der Waals surface area contributed by atoms with E-state index in [4.69, 9.17) is 0 Å². The summed E-state index contributed by atoms with van der Waals surface area (Å²) in [5.41, 5.74) is -1.84. The van der Waals surface area contributed by atoms with Gasteiger partial charge in [-0.15, -0.1) is 0 Å².